The first-order valence-corrected chi connectivity index (χ1v) is 9.99. The minimum absolute atomic E-state index is 0.0699. The molecule has 1 aliphatic rings. The summed E-state index contributed by atoms with van der Waals surface area (Å²) in [6, 6.07) is 12.2. The number of amides is 1. The van der Waals surface area contributed by atoms with Gasteiger partial charge >= 0.3 is 0 Å². The first-order valence-electron chi connectivity index (χ1n) is 8.12. The lowest BCUT2D eigenvalue weighted by Gasteiger charge is -2.35. The lowest BCUT2D eigenvalue weighted by Crippen LogP contribution is -2.43. The van der Waals surface area contributed by atoms with Gasteiger partial charge in [-0.3, -0.25) is 4.79 Å². The second-order valence-corrected chi connectivity index (χ2v) is 7.79. The van der Waals surface area contributed by atoms with Crippen molar-refractivity contribution in [2.45, 2.75) is 31.0 Å². The highest BCUT2D eigenvalue weighted by atomic mass is 32.2. The first-order chi connectivity index (χ1) is 12.2. The standard InChI is InChI=1S/C18H17N3O2S2/c1-12-8-9-13-5-2-3-6-14(13)21(12)16(22)11-25-18-20-19-17(23-18)15-7-4-10-24-15/h2-7,10,12H,8-9,11H2,1H3. The summed E-state index contributed by atoms with van der Waals surface area (Å²) in [4.78, 5) is 15.6. The predicted molar refractivity (Wildman–Crippen MR) is 100 cm³/mol. The van der Waals surface area contributed by atoms with Crippen LogP contribution in [-0.2, 0) is 11.2 Å². The monoisotopic (exact) mass is 371 g/mol. The average Bonchev–Trinajstić information content (AvgIpc) is 3.31. The Morgan fingerprint density at radius 2 is 2.20 bits per heavy atom. The number of hydrogen-bond acceptors (Lipinski definition) is 6. The zero-order valence-corrected chi connectivity index (χ0v) is 15.3. The van der Waals surface area contributed by atoms with E-state index in [1.165, 1.54) is 17.3 Å². The zero-order chi connectivity index (χ0) is 17.2. The van der Waals surface area contributed by atoms with Crippen LogP contribution in [0.4, 0.5) is 5.69 Å². The number of carbonyl (C=O) groups is 1. The van der Waals surface area contributed by atoms with Crippen molar-refractivity contribution in [1.82, 2.24) is 10.2 Å². The SMILES string of the molecule is CC1CCc2ccccc2N1C(=O)CSc1nnc(-c2cccs2)o1. The largest absolute Gasteiger partial charge is 0.410 e. The van der Waals surface area contributed by atoms with Crippen molar-refractivity contribution in [3.63, 3.8) is 0 Å². The van der Waals surface area contributed by atoms with Crippen molar-refractivity contribution >= 4 is 34.7 Å². The number of fused-ring (bicyclic) bond motifs is 1. The molecular weight excluding hydrogens is 354 g/mol. The molecule has 7 heteroatoms. The number of para-hydroxylation sites is 1. The third kappa shape index (κ3) is 3.34. The smallest absolute Gasteiger partial charge is 0.277 e. The van der Waals surface area contributed by atoms with E-state index in [9.17, 15) is 4.79 Å². The number of carbonyl (C=O) groups excluding carboxylic acids is 1. The molecule has 0 saturated carbocycles. The van der Waals surface area contributed by atoms with Crippen molar-refractivity contribution < 1.29 is 9.21 Å². The van der Waals surface area contributed by atoms with Crippen LogP contribution in [0.25, 0.3) is 10.8 Å². The number of benzene rings is 1. The number of anilines is 1. The summed E-state index contributed by atoms with van der Waals surface area (Å²) in [6.45, 7) is 2.10. The minimum atomic E-state index is 0.0699. The number of thiophene rings is 1. The maximum atomic E-state index is 12.8. The maximum Gasteiger partial charge on any atom is 0.277 e. The second-order valence-electron chi connectivity index (χ2n) is 5.92. The molecule has 25 heavy (non-hydrogen) atoms. The molecule has 1 aliphatic heterocycles. The first kappa shape index (κ1) is 16.4. The molecule has 1 unspecified atom stereocenters. The summed E-state index contributed by atoms with van der Waals surface area (Å²) in [5, 5.41) is 10.5. The van der Waals surface area contributed by atoms with Gasteiger partial charge in [0.15, 0.2) is 0 Å². The van der Waals surface area contributed by atoms with Gasteiger partial charge in [-0.25, -0.2) is 0 Å². The van der Waals surface area contributed by atoms with Gasteiger partial charge in [0.1, 0.15) is 0 Å². The van der Waals surface area contributed by atoms with E-state index in [2.05, 4.69) is 23.2 Å². The quantitative estimate of drug-likeness (QED) is 0.642. The fourth-order valence-corrected chi connectivity index (χ4v) is 4.30. The molecule has 0 saturated heterocycles. The Balaban J connectivity index is 1.46. The van der Waals surface area contributed by atoms with Crippen LogP contribution in [-0.4, -0.2) is 27.9 Å². The van der Waals surface area contributed by atoms with Gasteiger partial charge in [0.05, 0.1) is 10.6 Å². The van der Waals surface area contributed by atoms with E-state index in [4.69, 9.17) is 4.42 Å². The molecule has 0 aliphatic carbocycles. The Bertz CT molecular complexity index is 876. The van der Waals surface area contributed by atoms with Crippen molar-refractivity contribution in [3.8, 4) is 10.8 Å². The molecule has 1 amide bonds. The van der Waals surface area contributed by atoms with Gasteiger partial charge in [-0.2, -0.15) is 0 Å². The highest BCUT2D eigenvalue weighted by molar-refractivity contribution is 7.99. The fourth-order valence-electron chi connectivity index (χ4n) is 3.03. The molecule has 0 bridgehead atoms. The maximum absolute atomic E-state index is 12.8. The summed E-state index contributed by atoms with van der Waals surface area (Å²) in [7, 11) is 0. The van der Waals surface area contributed by atoms with Crippen LogP contribution in [0.15, 0.2) is 51.4 Å². The summed E-state index contributed by atoms with van der Waals surface area (Å²) >= 11 is 2.84. The number of aromatic nitrogens is 2. The van der Waals surface area contributed by atoms with Gasteiger partial charge in [-0.1, -0.05) is 36.0 Å². The molecule has 1 atom stereocenters. The summed E-state index contributed by atoms with van der Waals surface area (Å²) in [6.07, 6.45) is 2.00. The summed E-state index contributed by atoms with van der Waals surface area (Å²) in [5.74, 6) is 0.854. The molecule has 0 fully saturated rings. The molecular formula is C18H17N3O2S2. The van der Waals surface area contributed by atoms with Gasteiger partial charge < -0.3 is 9.32 Å². The van der Waals surface area contributed by atoms with Gasteiger partial charge in [0.25, 0.3) is 11.1 Å². The van der Waals surface area contributed by atoms with Crippen LogP contribution >= 0.6 is 23.1 Å². The average molecular weight is 371 g/mol. The van der Waals surface area contributed by atoms with Crippen LogP contribution in [0.5, 0.6) is 0 Å². The predicted octanol–water partition coefficient (Wildman–Crippen LogP) is 4.26. The van der Waals surface area contributed by atoms with E-state index < -0.39 is 0 Å². The lowest BCUT2D eigenvalue weighted by atomic mass is 9.97. The summed E-state index contributed by atoms with van der Waals surface area (Å²) in [5.41, 5.74) is 2.26. The van der Waals surface area contributed by atoms with Gasteiger partial charge in [0, 0.05) is 11.7 Å². The van der Waals surface area contributed by atoms with Crippen LogP contribution in [0.3, 0.4) is 0 Å². The van der Waals surface area contributed by atoms with Gasteiger partial charge in [0.2, 0.25) is 5.91 Å². The molecule has 0 spiro atoms. The normalized spacial score (nSPS) is 16.7. The molecule has 2 aromatic heterocycles. The second kappa shape index (κ2) is 7.01. The third-order valence-corrected chi connectivity index (χ3v) is 5.91. The highest BCUT2D eigenvalue weighted by Crippen LogP contribution is 2.32. The molecule has 5 nitrogen and oxygen atoms in total. The van der Waals surface area contributed by atoms with Crippen LogP contribution < -0.4 is 4.90 Å². The Labute approximate surface area is 154 Å². The molecule has 3 aromatic rings. The van der Waals surface area contributed by atoms with Crippen molar-refractivity contribution in [1.29, 1.82) is 0 Å². The van der Waals surface area contributed by atoms with Crippen molar-refractivity contribution in [2.75, 3.05) is 10.7 Å². The van der Waals surface area contributed by atoms with Crippen molar-refractivity contribution in [2.24, 2.45) is 0 Å². The van der Waals surface area contributed by atoms with E-state index >= 15 is 0 Å². The highest BCUT2D eigenvalue weighted by Gasteiger charge is 2.28. The third-order valence-electron chi connectivity index (χ3n) is 4.25. The van der Waals surface area contributed by atoms with Crippen molar-refractivity contribution in [3.05, 3.63) is 47.3 Å². The number of aryl methyl sites for hydroxylation is 1. The van der Waals surface area contributed by atoms with E-state index in [0.717, 1.165) is 23.4 Å². The number of rotatable bonds is 4. The van der Waals surface area contributed by atoms with E-state index in [0.29, 0.717) is 11.1 Å². The molecule has 4 rings (SSSR count). The molecule has 0 N–H and O–H groups in total. The van der Waals surface area contributed by atoms with Gasteiger partial charge in [-0.15, -0.1) is 21.5 Å². The van der Waals surface area contributed by atoms with Gasteiger partial charge in [-0.05, 0) is 42.8 Å². The fraction of sp³-hybridized carbons (Fsp3) is 0.278. The molecule has 0 radical (unpaired) electrons. The van der Waals surface area contributed by atoms with Crippen LogP contribution in [0.2, 0.25) is 0 Å². The number of nitrogens with zero attached hydrogens (tertiary/aromatic N) is 3. The molecule has 128 valence electrons. The molecule has 1 aromatic carbocycles. The van der Waals surface area contributed by atoms with Crippen LogP contribution in [0.1, 0.15) is 18.9 Å². The van der Waals surface area contributed by atoms with E-state index in [-0.39, 0.29) is 17.7 Å². The van der Waals surface area contributed by atoms with E-state index in [1.54, 1.807) is 11.3 Å². The minimum Gasteiger partial charge on any atom is -0.410 e. The number of hydrogen-bond donors (Lipinski definition) is 0. The summed E-state index contributed by atoms with van der Waals surface area (Å²) < 4.78 is 5.64. The lowest BCUT2D eigenvalue weighted by molar-refractivity contribution is -0.116. The van der Waals surface area contributed by atoms with Crippen LogP contribution in [0, 0.1) is 0 Å². The topological polar surface area (TPSA) is 59.2 Å². The Kier molecular flexibility index (Phi) is 4.59. The number of thioether (sulfide) groups is 1. The Morgan fingerprint density at radius 1 is 1.32 bits per heavy atom. The molecule has 3 heterocycles. The zero-order valence-electron chi connectivity index (χ0n) is 13.7. The Hall–Kier alpha value is -2.12. The Morgan fingerprint density at radius 3 is 3.04 bits per heavy atom. The van der Waals surface area contributed by atoms with E-state index in [1.807, 2.05) is 40.6 Å².